The van der Waals surface area contributed by atoms with Gasteiger partial charge in [-0.05, 0) is 57.0 Å². The van der Waals surface area contributed by atoms with E-state index in [2.05, 4.69) is 12.2 Å². The molecule has 2 N–H and O–H groups in total. The predicted octanol–water partition coefficient (Wildman–Crippen LogP) is 2.69. The van der Waals surface area contributed by atoms with Crippen LogP contribution in [0.4, 0.5) is 0 Å². The van der Waals surface area contributed by atoms with Crippen molar-refractivity contribution in [2.24, 2.45) is 0 Å². The fraction of sp³-hybridized carbons (Fsp3) is 0.571. The molecule has 1 aliphatic rings. The van der Waals surface area contributed by atoms with Crippen LogP contribution in [0.25, 0.3) is 0 Å². The third kappa shape index (κ3) is 3.93. The lowest BCUT2D eigenvalue weighted by molar-refractivity contribution is 0.184. The third-order valence-electron chi connectivity index (χ3n) is 3.20. The van der Waals surface area contributed by atoms with Crippen LogP contribution >= 0.6 is 0 Å². The van der Waals surface area contributed by atoms with Crippen LogP contribution in [0, 0.1) is 0 Å². The van der Waals surface area contributed by atoms with E-state index in [-0.39, 0.29) is 11.9 Å². The van der Waals surface area contributed by atoms with Crippen LogP contribution in [-0.4, -0.2) is 23.8 Å². The van der Waals surface area contributed by atoms with E-state index in [1.807, 2.05) is 0 Å². The van der Waals surface area contributed by atoms with Gasteiger partial charge in [0, 0.05) is 6.04 Å². The fourth-order valence-corrected chi connectivity index (χ4v) is 2.33. The first-order valence-corrected chi connectivity index (χ1v) is 6.43. The molecule has 94 valence electrons. The highest BCUT2D eigenvalue weighted by atomic mass is 16.5. The molecule has 0 amide bonds. The van der Waals surface area contributed by atoms with Gasteiger partial charge in [-0.25, -0.2) is 0 Å². The minimum absolute atomic E-state index is 0.204. The summed E-state index contributed by atoms with van der Waals surface area (Å²) >= 11 is 0. The second-order valence-electron chi connectivity index (χ2n) is 4.80. The number of benzene rings is 1. The number of aromatic hydroxyl groups is 1. The molecule has 0 spiro atoms. The van der Waals surface area contributed by atoms with Crippen LogP contribution < -0.4 is 10.1 Å². The fourth-order valence-electron chi connectivity index (χ4n) is 2.33. The van der Waals surface area contributed by atoms with Gasteiger partial charge in [0.25, 0.3) is 0 Å². The largest absolute Gasteiger partial charge is 0.508 e. The van der Waals surface area contributed by atoms with E-state index >= 15 is 0 Å². The zero-order valence-electron chi connectivity index (χ0n) is 10.4. The number of phenolic OH excluding ortho intramolecular Hbond substituents is 1. The van der Waals surface area contributed by atoms with E-state index in [1.54, 1.807) is 24.3 Å². The molecule has 2 rings (SSSR count). The van der Waals surface area contributed by atoms with Gasteiger partial charge in [-0.15, -0.1) is 0 Å². The van der Waals surface area contributed by atoms with Crippen molar-refractivity contribution in [2.45, 2.75) is 44.8 Å². The molecule has 1 heterocycles. The van der Waals surface area contributed by atoms with Crippen molar-refractivity contribution in [2.75, 3.05) is 6.54 Å². The van der Waals surface area contributed by atoms with Crippen LogP contribution in [0.3, 0.4) is 0 Å². The molecule has 0 saturated carbocycles. The van der Waals surface area contributed by atoms with E-state index in [9.17, 15) is 5.11 Å². The Morgan fingerprint density at radius 3 is 2.76 bits per heavy atom. The Kier molecular flexibility index (Phi) is 4.26. The van der Waals surface area contributed by atoms with Crippen LogP contribution in [0.5, 0.6) is 11.5 Å². The molecule has 1 saturated heterocycles. The highest BCUT2D eigenvalue weighted by molar-refractivity contribution is 5.30. The molecular formula is C14H21NO2. The minimum Gasteiger partial charge on any atom is -0.508 e. The van der Waals surface area contributed by atoms with Crippen molar-refractivity contribution in [1.29, 1.82) is 0 Å². The number of hydrogen-bond acceptors (Lipinski definition) is 3. The average Bonchev–Trinajstić information content (AvgIpc) is 2.33. The maximum absolute atomic E-state index is 9.19. The summed E-state index contributed by atoms with van der Waals surface area (Å²) in [5.41, 5.74) is 0. The van der Waals surface area contributed by atoms with Gasteiger partial charge in [0.15, 0.2) is 0 Å². The van der Waals surface area contributed by atoms with Crippen molar-refractivity contribution in [1.82, 2.24) is 5.32 Å². The normalized spacial score (nSPS) is 22.1. The molecule has 3 heteroatoms. The molecule has 1 fully saturated rings. The lowest BCUT2D eigenvalue weighted by Gasteiger charge is -2.26. The first-order chi connectivity index (χ1) is 8.24. The average molecular weight is 235 g/mol. The number of piperidine rings is 1. The number of phenols is 1. The summed E-state index contributed by atoms with van der Waals surface area (Å²) in [5.74, 6) is 1.10. The SMILES string of the molecule is CC(CC1CCCCN1)Oc1ccc(O)cc1. The lowest BCUT2D eigenvalue weighted by atomic mass is 10.00. The van der Waals surface area contributed by atoms with E-state index in [0.29, 0.717) is 6.04 Å². The van der Waals surface area contributed by atoms with E-state index in [4.69, 9.17) is 4.74 Å². The molecular weight excluding hydrogens is 214 g/mol. The third-order valence-corrected chi connectivity index (χ3v) is 3.20. The summed E-state index contributed by atoms with van der Waals surface area (Å²) in [6.45, 7) is 3.24. The van der Waals surface area contributed by atoms with Crippen LogP contribution in [0.15, 0.2) is 24.3 Å². The van der Waals surface area contributed by atoms with Crippen LogP contribution in [-0.2, 0) is 0 Å². The van der Waals surface area contributed by atoms with Gasteiger partial charge in [-0.3, -0.25) is 0 Å². The summed E-state index contributed by atoms with van der Waals surface area (Å²) in [6, 6.07) is 7.51. The molecule has 3 nitrogen and oxygen atoms in total. The Morgan fingerprint density at radius 2 is 2.12 bits per heavy atom. The number of ether oxygens (including phenoxy) is 1. The topological polar surface area (TPSA) is 41.5 Å². The highest BCUT2D eigenvalue weighted by Gasteiger charge is 2.16. The molecule has 1 aromatic carbocycles. The maximum atomic E-state index is 9.19. The Hall–Kier alpha value is -1.22. The molecule has 2 unspecified atom stereocenters. The smallest absolute Gasteiger partial charge is 0.119 e. The number of hydrogen-bond donors (Lipinski definition) is 2. The Balaban J connectivity index is 1.79. The van der Waals surface area contributed by atoms with E-state index < -0.39 is 0 Å². The molecule has 0 aliphatic carbocycles. The number of rotatable bonds is 4. The van der Waals surface area contributed by atoms with E-state index in [0.717, 1.165) is 18.7 Å². The van der Waals surface area contributed by atoms with Gasteiger partial charge >= 0.3 is 0 Å². The van der Waals surface area contributed by atoms with Gasteiger partial charge < -0.3 is 15.2 Å². The Bertz CT molecular complexity index is 331. The monoisotopic (exact) mass is 235 g/mol. The van der Waals surface area contributed by atoms with Gasteiger partial charge in [0.1, 0.15) is 11.5 Å². The molecule has 0 bridgehead atoms. The Morgan fingerprint density at radius 1 is 1.35 bits per heavy atom. The first-order valence-electron chi connectivity index (χ1n) is 6.43. The van der Waals surface area contributed by atoms with Crippen LogP contribution in [0.1, 0.15) is 32.6 Å². The van der Waals surface area contributed by atoms with Gasteiger partial charge in [-0.2, -0.15) is 0 Å². The van der Waals surface area contributed by atoms with Crippen molar-refractivity contribution in [3.05, 3.63) is 24.3 Å². The summed E-state index contributed by atoms with van der Waals surface area (Å²) in [4.78, 5) is 0. The predicted molar refractivity (Wildman–Crippen MR) is 68.5 cm³/mol. The van der Waals surface area contributed by atoms with E-state index in [1.165, 1.54) is 19.3 Å². The molecule has 1 aliphatic heterocycles. The quantitative estimate of drug-likeness (QED) is 0.843. The first kappa shape index (κ1) is 12.2. The Labute approximate surface area is 103 Å². The van der Waals surface area contributed by atoms with Gasteiger partial charge in [0.2, 0.25) is 0 Å². The molecule has 2 atom stereocenters. The van der Waals surface area contributed by atoms with Gasteiger partial charge in [-0.1, -0.05) is 6.42 Å². The zero-order chi connectivity index (χ0) is 12.1. The second kappa shape index (κ2) is 5.92. The zero-order valence-corrected chi connectivity index (χ0v) is 10.4. The molecule has 0 radical (unpaired) electrons. The lowest BCUT2D eigenvalue weighted by Crippen LogP contribution is -2.37. The van der Waals surface area contributed by atoms with Crippen molar-refractivity contribution in [3.63, 3.8) is 0 Å². The summed E-state index contributed by atoms with van der Waals surface area (Å²) in [5, 5.41) is 12.7. The summed E-state index contributed by atoms with van der Waals surface area (Å²) in [7, 11) is 0. The minimum atomic E-state index is 0.204. The second-order valence-corrected chi connectivity index (χ2v) is 4.80. The highest BCUT2D eigenvalue weighted by Crippen LogP contribution is 2.19. The maximum Gasteiger partial charge on any atom is 0.119 e. The number of nitrogens with one attached hydrogen (secondary N) is 1. The van der Waals surface area contributed by atoms with Crippen molar-refractivity contribution < 1.29 is 9.84 Å². The standard InChI is InChI=1S/C14H21NO2/c1-11(10-12-4-2-3-9-15-12)17-14-7-5-13(16)6-8-14/h5-8,11-12,15-16H,2-4,9-10H2,1H3. The summed E-state index contributed by atoms with van der Waals surface area (Å²) < 4.78 is 5.82. The summed E-state index contributed by atoms with van der Waals surface area (Å²) in [6.07, 6.45) is 5.12. The molecule has 1 aromatic rings. The molecule has 0 aromatic heterocycles. The van der Waals surface area contributed by atoms with Crippen molar-refractivity contribution >= 4 is 0 Å². The van der Waals surface area contributed by atoms with Crippen molar-refractivity contribution in [3.8, 4) is 11.5 Å². The van der Waals surface area contributed by atoms with Gasteiger partial charge in [0.05, 0.1) is 6.10 Å². The van der Waals surface area contributed by atoms with Crippen LogP contribution in [0.2, 0.25) is 0 Å². The molecule has 17 heavy (non-hydrogen) atoms.